The molecule has 0 radical (unpaired) electrons. The average Bonchev–Trinajstić information content (AvgIpc) is 3.30. The van der Waals surface area contributed by atoms with E-state index >= 15 is 0 Å². The number of para-hydroxylation sites is 1. The second-order valence-electron chi connectivity index (χ2n) is 8.89. The van der Waals surface area contributed by atoms with Gasteiger partial charge in [-0.15, -0.1) is 0 Å². The summed E-state index contributed by atoms with van der Waals surface area (Å²) >= 11 is 0. The maximum Gasteiger partial charge on any atom is 0.325 e. The van der Waals surface area contributed by atoms with E-state index in [4.69, 9.17) is 4.74 Å². The predicted molar refractivity (Wildman–Crippen MR) is 123 cm³/mol. The molecular weight excluding hydrogens is 458 g/mol. The summed E-state index contributed by atoms with van der Waals surface area (Å²) in [6.07, 6.45) is 0.587. The Labute approximate surface area is 197 Å². The molecule has 10 heteroatoms. The normalized spacial score (nSPS) is 25.1. The number of carbonyl (C=O) groups is 3. The van der Waals surface area contributed by atoms with Crippen LogP contribution in [0.3, 0.4) is 0 Å². The van der Waals surface area contributed by atoms with E-state index < -0.39 is 45.8 Å². The molecule has 0 bridgehead atoms. The van der Waals surface area contributed by atoms with Crippen LogP contribution in [0.5, 0.6) is 5.75 Å². The van der Waals surface area contributed by atoms with Crippen molar-refractivity contribution >= 4 is 27.7 Å². The van der Waals surface area contributed by atoms with Gasteiger partial charge < -0.3 is 15.0 Å². The Morgan fingerprint density at radius 1 is 1.12 bits per heavy atom. The van der Waals surface area contributed by atoms with Crippen LogP contribution < -0.4 is 10.1 Å². The summed E-state index contributed by atoms with van der Waals surface area (Å²) in [6.45, 7) is -0.00493. The Morgan fingerprint density at radius 3 is 2.59 bits per heavy atom. The van der Waals surface area contributed by atoms with Crippen LogP contribution >= 0.6 is 0 Å². The van der Waals surface area contributed by atoms with Gasteiger partial charge >= 0.3 is 6.03 Å². The molecule has 34 heavy (non-hydrogen) atoms. The standard InChI is InChI=1S/C24H25N3O6S/c28-21(26(14-17-6-2-1-3-7-17)18-10-13-34(31,32)16-18)15-27-22(29)24(25-23(27)30)11-12-33-20-9-5-4-8-19(20)24/h1-9,18H,10-16H2,(H,25,30)/t18-,24+/m0/s1. The molecule has 2 aromatic carbocycles. The zero-order chi connectivity index (χ0) is 23.9. The largest absolute Gasteiger partial charge is 0.493 e. The highest BCUT2D eigenvalue weighted by Gasteiger charge is 2.55. The number of ether oxygens (including phenoxy) is 1. The van der Waals surface area contributed by atoms with Gasteiger partial charge in [0, 0.05) is 24.6 Å². The van der Waals surface area contributed by atoms with Gasteiger partial charge in [-0.05, 0) is 18.1 Å². The fourth-order valence-electron chi connectivity index (χ4n) is 4.96. The van der Waals surface area contributed by atoms with Gasteiger partial charge in [-0.3, -0.25) is 14.5 Å². The summed E-state index contributed by atoms with van der Waals surface area (Å²) in [5.74, 6) is -0.552. The molecule has 2 saturated heterocycles. The van der Waals surface area contributed by atoms with Crippen molar-refractivity contribution in [1.82, 2.24) is 15.1 Å². The molecular formula is C24H25N3O6S. The molecule has 0 aliphatic carbocycles. The van der Waals surface area contributed by atoms with Gasteiger partial charge in [0.1, 0.15) is 12.3 Å². The number of hydrogen-bond acceptors (Lipinski definition) is 6. The topological polar surface area (TPSA) is 113 Å². The predicted octanol–water partition coefficient (Wildman–Crippen LogP) is 1.43. The quantitative estimate of drug-likeness (QED) is 0.644. The van der Waals surface area contributed by atoms with Crippen molar-refractivity contribution in [2.75, 3.05) is 24.7 Å². The van der Waals surface area contributed by atoms with Gasteiger partial charge in [0.05, 0.1) is 18.1 Å². The van der Waals surface area contributed by atoms with Crippen LogP contribution in [0.1, 0.15) is 24.0 Å². The van der Waals surface area contributed by atoms with Gasteiger partial charge in [-0.2, -0.15) is 0 Å². The van der Waals surface area contributed by atoms with Gasteiger partial charge in [-0.25, -0.2) is 13.2 Å². The molecule has 2 atom stereocenters. The lowest BCUT2D eigenvalue weighted by Crippen LogP contribution is -2.49. The van der Waals surface area contributed by atoms with Crippen LogP contribution in [-0.4, -0.2) is 66.8 Å². The molecule has 0 aromatic heterocycles. The van der Waals surface area contributed by atoms with E-state index in [1.807, 2.05) is 30.3 Å². The summed E-state index contributed by atoms with van der Waals surface area (Å²) in [5, 5.41) is 2.79. The van der Waals surface area contributed by atoms with Crippen molar-refractivity contribution in [2.45, 2.75) is 31.0 Å². The number of carbonyl (C=O) groups excluding carboxylic acids is 3. The lowest BCUT2D eigenvalue weighted by atomic mass is 9.84. The molecule has 4 amide bonds. The Morgan fingerprint density at radius 2 is 1.85 bits per heavy atom. The molecule has 3 aliphatic rings. The van der Waals surface area contributed by atoms with Crippen LogP contribution in [0, 0.1) is 0 Å². The Kier molecular flexibility index (Phi) is 5.55. The fraction of sp³-hybridized carbons (Fsp3) is 0.375. The van der Waals surface area contributed by atoms with Crippen molar-refractivity contribution in [3.63, 3.8) is 0 Å². The van der Waals surface area contributed by atoms with Crippen molar-refractivity contribution in [2.24, 2.45) is 0 Å². The third-order valence-corrected chi connectivity index (χ3v) is 8.47. The van der Waals surface area contributed by atoms with Crippen LogP contribution in [0.25, 0.3) is 0 Å². The summed E-state index contributed by atoms with van der Waals surface area (Å²) in [6, 6.07) is 15.1. The van der Waals surface area contributed by atoms with Gasteiger partial charge in [0.25, 0.3) is 5.91 Å². The highest BCUT2D eigenvalue weighted by molar-refractivity contribution is 7.91. The molecule has 2 aromatic rings. The van der Waals surface area contributed by atoms with Crippen LogP contribution in [0.4, 0.5) is 4.79 Å². The molecule has 1 spiro atoms. The van der Waals surface area contributed by atoms with Crippen molar-refractivity contribution in [3.05, 3.63) is 65.7 Å². The minimum atomic E-state index is -3.24. The minimum Gasteiger partial charge on any atom is -0.493 e. The summed E-state index contributed by atoms with van der Waals surface area (Å²) < 4.78 is 29.9. The first-order valence-electron chi connectivity index (χ1n) is 11.2. The first-order valence-corrected chi connectivity index (χ1v) is 13.0. The molecule has 9 nitrogen and oxygen atoms in total. The highest BCUT2D eigenvalue weighted by Crippen LogP contribution is 2.41. The van der Waals surface area contributed by atoms with E-state index in [1.54, 1.807) is 24.3 Å². The van der Waals surface area contributed by atoms with E-state index in [0.717, 1.165) is 10.5 Å². The zero-order valence-corrected chi connectivity index (χ0v) is 19.3. The van der Waals surface area contributed by atoms with Crippen molar-refractivity contribution in [3.8, 4) is 5.75 Å². The van der Waals surface area contributed by atoms with Crippen LogP contribution in [0.2, 0.25) is 0 Å². The molecule has 0 unspecified atom stereocenters. The van der Waals surface area contributed by atoms with E-state index in [-0.39, 0.29) is 31.1 Å². The lowest BCUT2D eigenvalue weighted by molar-refractivity contribution is -0.141. The van der Waals surface area contributed by atoms with Gasteiger partial charge in [0.2, 0.25) is 5.91 Å². The molecule has 0 saturated carbocycles. The average molecular weight is 484 g/mol. The number of nitrogens with zero attached hydrogens (tertiary/aromatic N) is 2. The number of imide groups is 1. The van der Waals surface area contributed by atoms with Gasteiger partial charge in [0.15, 0.2) is 15.4 Å². The number of hydrogen-bond donors (Lipinski definition) is 1. The maximum atomic E-state index is 13.5. The van der Waals surface area contributed by atoms with E-state index in [0.29, 0.717) is 17.7 Å². The summed E-state index contributed by atoms with van der Waals surface area (Å²) in [4.78, 5) is 42.3. The number of amides is 4. The van der Waals surface area contributed by atoms with E-state index in [2.05, 4.69) is 5.32 Å². The lowest BCUT2D eigenvalue weighted by Gasteiger charge is -2.33. The third kappa shape index (κ3) is 3.91. The Balaban J connectivity index is 1.40. The second kappa shape index (κ2) is 8.43. The zero-order valence-electron chi connectivity index (χ0n) is 18.5. The van der Waals surface area contributed by atoms with Crippen molar-refractivity contribution in [1.29, 1.82) is 0 Å². The molecule has 3 aliphatic heterocycles. The third-order valence-electron chi connectivity index (χ3n) is 6.72. The molecule has 2 fully saturated rings. The monoisotopic (exact) mass is 483 g/mol. The minimum absolute atomic E-state index is 0.0132. The first-order chi connectivity index (χ1) is 16.3. The summed E-state index contributed by atoms with van der Waals surface area (Å²) in [7, 11) is -3.24. The number of fused-ring (bicyclic) bond motifs is 2. The van der Waals surface area contributed by atoms with E-state index in [1.165, 1.54) is 4.90 Å². The molecule has 178 valence electrons. The molecule has 5 rings (SSSR count). The SMILES string of the molecule is O=C1N[C@@]2(CCOc3ccccc32)C(=O)N1CC(=O)N(Cc1ccccc1)[C@H]1CCS(=O)(=O)C1. The van der Waals surface area contributed by atoms with Crippen molar-refractivity contribution < 1.29 is 27.5 Å². The Bertz CT molecular complexity index is 1250. The number of rotatable bonds is 5. The maximum absolute atomic E-state index is 13.5. The number of urea groups is 1. The highest BCUT2D eigenvalue weighted by atomic mass is 32.2. The second-order valence-corrected chi connectivity index (χ2v) is 11.1. The number of benzene rings is 2. The molecule has 1 N–H and O–H groups in total. The number of sulfone groups is 1. The Hall–Kier alpha value is -3.40. The van der Waals surface area contributed by atoms with Crippen LogP contribution in [0.15, 0.2) is 54.6 Å². The number of nitrogens with one attached hydrogen (secondary N) is 1. The van der Waals surface area contributed by atoms with Gasteiger partial charge in [-0.1, -0.05) is 48.5 Å². The van der Waals surface area contributed by atoms with E-state index in [9.17, 15) is 22.8 Å². The van der Waals surface area contributed by atoms with Crippen LogP contribution in [-0.2, 0) is 31.5 Å². The fourth-order valence-corrected chi connectivity index (χ4v) is 6.69. The summed E-state index contributed by atoms with van der Waals surface area (Å²) in [5.41, 5.74) is 0.137. The first kappa shape index (κ1) is 22.4. The molecule has 3 heterocycles. The smallest absolute Gasteiger partial charge is 0.325 e.